The van der Waals surface area contributed by atoms with Crippen LogP contribution < -0.4 is 5.73 Å². The monoisotopic (exact) mass is 315 g/mol. The van der Waals surface area contributed by atoms with Crippen LogP contribution in [0.25, 0.3) is 0 Å². The van der Waals surface area contributed by atoms with Crippen LogP contribution in [-0.4, -0.2) is 11.0 Å². The number of alkyl halides is 6. The third-order valence-corrected chi connectivity index (χ3v) is 2.73. The van der Waals surface area contributed by atoms with Crippen LogP contribution in [0.2, 0.25) is 0 Å². The Hall–Kier alpha value is -1.77. The van der Waals surface area contributed by atoms with Gasteiger partial charge in [0.15, 0.2) is 0 Å². The van der Waals surface area contributed by atoms with Crippen LogP contribution >= 0.6 is 0 Å². The minimum absolute atomic E-state index is 0.0656. The molecule has 21 heavy (non-hydrogen) atoms. The van der Waals surface area contributed by atoms with E-state index in [4.69, 9.17) is 5.73 Å². The normalized spacial score (nSPS) is 15.6. The number of hydrogen-bond acceptors (Lipinski definition) is 2. The molecule has 9 heteroatoms. The summed E-state index contributed by atoms with van der Waals surface area (Å²) in [6.07, 6.45) is -10.9. The molecule has 0 saturated carbocycles. The van der Waals surface area contributed by atoms with Gasteiger partial charge >= 0.3 is 12.4 Å². The number of primary amides is 1. The molecule has 118 valence electrons. The number of halogens is 6. The van der Waals surface area contributed by atoms with Gasteiger partial charge in [-0.3, -0.25) is 4.79 Å². The van der Waals surface area contributed by atoms with E-state index in [9.17, 15) is 36.2 Å². The first-order chi connectivity index (χ1) is 9.23. The Labute approximate surface area is 115 Å². The maximum atomic E-state index is 12.6. The largest absolute Gasteiger partial charge is 0.416 e. The topological polar surface area (TPSA) is 63.3 Å². The van der Waals surface area contributed by atoms with E-state index in [1.54, 1.807) is 0 Å². The summed E-state index contributed by atoms with van der Waals surface area (Å²) in [5.74, 6) is -1.06. The number of carbonyl (C=O) groups excluding carboxylic acids is 1. The van der Waals surface area contributed by atoms with Crippen LogP contribution in [0.5, 0.6) is 0 Å². The van der Waals surface area contributed by atoms with Gasteiger partial charge in [0, 0.05) is 0 Å². The highest BCUT2D eigenvalue weighted by Crippen LogP contribution is 2.39. The molecule has 0 aliphatic heterocycles. The van der Waals surface area contributed by atoms with Crippen molar-refractivity contribution >= 4 is 5.91 Å². The van der Waals surface area contributed by atoms with Gasteiger partial charge in [0.1, 0.15) is 0 Å². The Morgan fingerprint density at radius 2 is 1.33 bits per heavy atom. The van der Waals surface area contributed by atoms with Crippen LogP contribution in [0.1, 0.15) is 30.0 Å². The molecule has 0 spiro atoms. The molecule has 0 aliphatic rings. The highest BCUT2D eigenvalue weighted by Gasteiger charge is 2.39. The van der Waals surface area contributed by atoms with E-state index in [2.05, 4.69) is 0 Å². The molecule has 3 nitrogen and oxygen atoms in total. The molecule has 0 bridgehead atoms. The van der Waals surface area contributed by atoms with Crippen molar-refractivity contribution in [1.82, 2.24) is 0 Å². The van der Waals surface area contributed by atoms with Crippen molar-refractivity contribution in [2.24, 2.45) is 5.73 Å². The summed E-state index contributed by atoms with van der Waals surface area (Å²) in [4.78, 5) is 10.8. The van der Waals surface area contributed by atoms with Crippen LogP contribution in [0, 0.1) is 0 Å². The van der Waals surface area contributed by atoms with Crippen molar-refractivity contribution < 1.29 is 36.2 Å². The summed E-state index contributed by atoms with van der Waals surface area (Å²) in [6.45, 7) is 0.910. The molecule has 0 saturated heterocycles. The van der Waals surface area contributed by atoms with Gasteiger partial charge < -0.3 is 10.8 Å². The van der Waals surface area contributed by atoms with Gasteiger partial charge in [0.05, 0.1) is 23.1 Å². The fourth-order valence-corrected chi connectivity index (χ4v) is 1.71. The zero-order valence-corrected chi connectivity index (χ0v) is 10.6. The van der Waals surface area contributed by atoms with E-state index in [1.807, 2.05) is 0 Å². The first-order valence-electron chi connectivity index (χ1n) is 5.54. The number of aliphatic hydroxyl groups is 1. The SMILES string of the molecule is CC(O)(CC(N)=O)c1cc(C(F)(F)F)cc(C(F)(F)F)c1. The van der Waals surface area contributed by atoms with E-state index in [-0.39, 0.29) is 6.07 Å². The molecular formula is C12H11F6NO2. The van der Waals surface area contributed by atoms with Crippen molar-refractivity contribution in [3.63, 3.8) is 0 Å². The van der Waals surface area contributed by atoms with Crippen molar-refractivity contribution in [3.05, 3.63) is 34.9 Å². The Balaban J connectivity index is 3.49. The zero-order valence-electron chi connectivity index (χ0n) is 10.6. The quantitative estimate of drug-likeness (QED) is 0.843. The second-order valence-corrected chi connectivity index (χ2v) is 4.71. The molecule has 0 aliphatic carbocycles. The number of hydrogen-bond donors (Lipinski definition) is 2. The lowest BCUT2D eigenvalue weighted by atomic mass is 9.89. The van der Waals surface area contributed by atoms with Crippen molar-refractivity contribution in [3.8, 4) is 0 Å². The van der Waals surface area contributed by atoms with Crippen molar-refractivity contribution in [1.29, 1.82) is 0 Å². The molecule has 0 fully saturated rings. The van der Waals surface area contributed by atoms with Crippen LogP contribution in [0.4, 0.5) is 26.3 Å². The molecule has 1 aromatic carbocycles. The average molecular weight is 315 g/mol. The second kappa shape index (κ2) is 5.21. The van der Waals surface area contributed by atoms with Crippen molar-refractivity contribution in [2.75, 3.05) is 0 Å². The lowest BCUT2D eigenvalue weighted by Crippen LogP contribution is -2.29. The zero-order chi connectivity index (χ0) is 16.6. The summed E-state index contributed by atoms with van der Waals surface area (Å²) in [5.41, 5.74) is -1.26. The van der Waals surface area contributed by atoms with Crippen molar-refractivity contribution in [2.45, 2.75) is 31.3 Å². The smallest absolute Gasteiger partial charge is 0.385 e. The van der Waals surface area contributed by atoms with E-state index in [0.29, 0.717) is 12.1 Å². The maximum absolute atomic E-state index is 12.6. The van der Waals surface area contributed by atoms with E-state index in [1.165, 1.54) is 0 Å². The van der Waals surface area contributed by atoms with Crippen LogP contribution in [0.3, 0.4) is 0 Å². The van der Waals surface area contributed by atoms with Gasteiger partial charge in [-0.05, 0) is 30.7 Å². The lowest BCUT2D eigenvalue weighted by Gasteiger charge is -2.24. The lowest BCUT2D eigenvalue weighted by molar-refractivity contribution is -0.143. The molecule has 1 aromatic rings. The number of amides is 1. The standard InChI is InChI=1S/C12H11F6NO2/c1-10(21,5-9(19)20)6-2-7(11(13,14)15)4-8(3-6)12(16,17)18/h2-4,21H,5H2,1H3,(H2,19,20). The minimum Gasteiger partial charge on any atom is -0.385 e. The molecule has 1 amide bonds. The minimum atomic E-state index is -5.03. The fourth-order valence-electron chi connectivity index (χ4n) is 1.71. The van der Waals surface area contributed by atoms with E-state index < -0.39 is 47.0 Å². The van der Waals surface area contributed by atoms with Gasteiger partial charge in [-0.25, -0.2) is 0 Å². The molecule has 0 heterocycles. The third kappa shape index (κ3) is 4.35. The first kappa shape index (κ1) is 17.3. The van der Waals surface area contributed by atoms with E-state index in [0.717, 1.165) is 6.92 Å². The Morgan fingerprint density at radius 1 is 1.00 bits per heavy atom. The number of carbonyl (C=O) groups is 1. The number of nitrogens with two attached hydrogens (primary N) is 1. The highest BCUT2D eigenvalue weighted by molar-refractivity contribution is 5.75. The Bertz CT molecular complexity index is 515. The number of benzene rings is 1. The van der Waals surface area contributed by atoms with Gasteiger partial charge in [-0.2, -0.15) is 26.3 Å². The summed E-state index contributed by atoms with van der Waals surface area (Å²) in [6, 6.07) is 0.653. The average Bonchev–Trinajstić information content (AvgIpc) is 2.24. The van der Waals surface area contributed by atoms with E-state index >= 15 is 0 Å². The third-order valence-electron chi connectivity index (χ3n) is 2.73. The predicted octanol–water partition coefficient (Wildman–Crippen LogP) is 2.81. The fraction of sp³-hybridized carbons (Fsp3) is 0.417. The molecule has 0 radical (unpaired) electrons. The molecule has 1 unspecified atom stereocenters. The van der Waals surface area contributed by atoms with Gasteiger partial charge in [0.2, 0.25) is 5.91 Å². The van der Waals surface area contributed by atoms with Crippen LogP contribution in [-0.2, 0) is 22.7 Å². The van der Waals surface area contributed by atoms with Gasteiger partial charge in [-0.1, -0.05) is 0 Å². The highest BCUT2D eigenvalue weighted by atomic mass is 19.4. The second-order valence-electron chi connectivity index (χ2n) is 4.71. The van der Waals surface area contributed by atoms with Gasteiger partial charge in [0.25, 0.3) is 0 Å². The number of rotatable bonds is 3. The molecule has 3 N–H and O–H groups in total. The Kier molecular flexibility index (Phi) is 4.29. The molecule has 1 atom stereocenters. The molecular weight excluding hydrogens is 304 g/mol. The molecule has 0 aromatic heterocycles. The summed E-state index contributed by atoms with van der Waals surface area (Å²) in [5, 5.41) is 9.90. The first-order valence-corrected chi connectivity index (χ1v) is 5.54. The predicted molar refractivity (Wildman–Crippen MR) is 59.8 cm³/mol. The van der Waals surface area contributed by atoms with Gasteiger partial charge in [-0.15, -0.1) is 0 Å². The Morgan fingerprint density at radius 3 is 1.62 bits per heavy atom. The summed E-state index contributed by atoms with van der Waals surface area (Å²) >= 11 is 0. The van der Waals surface area contributed by atoms with Crippen LogP contribution in [0.15, 0.2) is 18.2 Å². The maximum Gasteiger partial charge on any atom is 0.416 e. The molecule has 1 rings (SSSR count). The summed E-state index contributed by atoms with van der Waals surface area (Å²) < 4.78 is 75.9. The summed E-state index contributed by atoms with van der Waals surface area (Å²) in [7, 11) is 0.